The van der Waals surface area contributed by atoms with Gasteiger partial charge in [0.25, 0.3) is 5.91 Å². The van der Waals surface area contributed by atoms with E-state index in [2.05, 4.69) is 10.5 Å². The van der Waals surface area contributed by atoms with Crippen molar-refractivity contribution in [3.63, 3.8) is 0 Å². The van der Waals surface area contributed by atoms with Crippen LogP contribution in [0.1, 0.15) is 21.5 Å². The van der Waals surface area contributed by atoms with Crippen LogP contribution in [0, 0.1) is 6.92 Å². The van der Waals surface area contributed by atoms with Gasteiger partial charge in [-0.05, 0) is 55.5 Å². The molecule has 6 heteroatoms. The zero-order valence-corrected chi connectivity index (χ0v) is 17.3. The van der Waals surface area contributed by atoms with Gasteiger partial charge < -0.3 is 4.74 Å². The van der Waals surface area contributed by atoms with Crippen molar-refractivity contribution in [2.45, 2.75) is 6.92 Å². The van der Waals surface area contributed by atoms with Crippen LogP contribution in [0.5, 0.6) is 5.75 Å². The summed E-state index contributed by atoms with van der Waals surface area (Å²) in [7, 11) is 1.63. The molecule has 4 aromatic rings. The molecule has 0 aliphatic rings. The third-order valence-corrected chi connectivity index (χ3v) is 4.81. The average Bonchev–Trinajstić information content (AvgIpc) is 3.24. The van der Waals surface area contributed by atoms with Gasteiger partial charge in [-0.2, -0.15) is 10.2 Å². The normalized spacial score (nSPS) is 10.9. The van der Waals surface area contributed by atoms with E-state index in [1.54, 1.807) is 30.1 Å². The van der Waals surface area contributed by atoms with Crippen molar-refractivity contribution < 1.29 is 9.53 Å². The Labute approximate surface area is 180 Å². The lowest BCUT2D eigenvalue weighted by Crippen LogP contribution is -2.17. The molecule has 4 rings (SSSR count). The van der Waals surface area contributed by atoms with Crippen LogP contribution in [-0.2, 0) is 0 Å². The molecule has 0 radical (unpaired) electrons. The molecule has 0 fully saturated rings. The maximum Gasteiger partial charge on any atom is 0.271 e. The molecular formula is C25H22N4O2. The standard InChI is InChI=1S/C25H22N4O2/c1-18-8-10-20(11-9-18)25(30)27-26-16-21-17-29(22-6-4-3-5-7-22)28-24(21)19-12-14-23(31-2)15-13-19/h3-17H,1-2H3,(H,27,30)/b26-16+. The zero-order chi connectivity index (χ0) is 21.6. The van der Waals surface area contributed by atoms with Crippen molar-refractivity contribution >= 4 is 12.1 Å². The maximum atomic E-state index is 12.3. The number of hydrogen-bond acceptors (Lipinski definition) is 4. The number of nitrogens with zero attached hydrogens (tertiary/aromatic N) is 3. The molecular weight excluding hydrogens is 388 g/mol. The van der Waals surface area contributed by atoms with Crippen LogP contribution in [0.3, 0.4) is 0 Å². The van der Waals surface area contributed by atoms with E-state index >= 15 is 0 Å². The fourth-order valence-corrected chi connectivity index (χ4v) is 3.10. The Morgan fingerprint density at radius 2 is 1.71 bits per heavy atom. The first-order chi connectivity index (χ1) is 15.1. The van der Waals surface area contributed by atoms with E-state index < -0.39 is 0 Å². The first-order valence-corrected chi connectivity index (χ1v) is 9.83. The van der Waals surface area contributed by atoms with E-state index in [4.69, 9.17) is 9.84 Å². The van der Waals surface area contributed by atoms with E-state index in [0.717, 1.165) is 33.8 Å². The Morgan fingerprint density at radius 1 is 1.00 bits per heavy atom. The number of carbonyl (C=O) groups is 1. The summed E-state index contributed by atoms with van der Waals surface area (Å²) in [6.45, 7) is 1.98. The molecule has 0 saturated heterocycles. The predicted molar refractivity (Wildman–Crippen MR) is 122 cm³/mol. The molecule has 0 atom stereocenters. The summed E-state index contributed by atoms with van der Waals surface area (Å²) < 4.78 is 7.05. The predicted octanol–water partition coefficient (Wildman–Crippen LogP) is 4.62. The summed E-state index contributed by atoms with van der Waals surface area (Å²) in [5.74, 6) is 0.504. The Hall–Kier alpha value is -4.19. The van der Waals surface area contributed by atoms with E-state index in [-0.39, 0.29) is 5.91 Å². The molecule has 1 heterocycles. The van der Waals surface area contributed by atoms with Gasteiger partial charge in [0.1, 0.15) is 11.4 Å². The molecule has 0 aliphatic heterocycles. The fourth-order valence-electron chi connectivity index (χ4n) is 3.10. The van der Waals surface area contributed by atoms with Crippen molar-refractivity contribution in [2.24, 2.45) is 5.10 Å². The number of methoxy groups -OCH3 is 1. The number of amides is 1. The molecule has 31 heavy (non-hydrogen) atoms. The van der Waals surface area contributed by atoms with Crippen molar-refractivity contribution in [1.29, 1.82) is 0 Å². The molecule has 1 amide bonds. The molecule has 6 nitrogen and oxygen atoms in total. The lowest BCUT2D eigenvalue weighted by Gasteiger charge is -2.03. The molecule has 0 spiro atoms. The third kappa shape index (κ3) is 4.70. The van der Waals surface area contributed by atoms with E-state index in [1.165, 1.54) is 0 Å². The number of benzene rings is 3. The monoisotopic (exact) mass is 410 g/mol. The van der Waals surface area contributed by atoms with Crippen LogP contribution < -0.4 is 10.2 Å². The number of nitrogens with one attached hydrogen (secondary N) is 1. The Morgan fingerprint density at radius 3 is 2.39 bits per heavy atom. The van der Waals surface area contributed by atoms with Crippen LogP contribution in [-0.4, -0.2) is 29.0 Å². The highest BCUT2D eigenvalue weighted by Gasteiger charge is 2.12. The second-order valence-corrected chi connectivity index (χ2v) is 7.01. The van der Waals surface area contributed by atoms with Crippen molar-refractivity contribution in [1.82, 2.24) is 15.2 Å². The van der Waals surface area contributed by atoms with Crippen LogP contribution in [0.2, 0.25) is 0 Å². The summed E-state index contributed by atoms with van der Waals surface area (Å²) in [6.07, 6.45) is 3.49. The number of hydrogen-bond donors (Lipinski definition) is 1. The van der Waals surface area contributed by atoms with Crippen LogP contribution in [0.25, 0.3) is 16.9 Å². The molecule has 0 bridgehead atoms. The number of para-hydroxylation sites is 1. The fraction of sp³-hybridized carbons (Fsp3) is 0.0800. The minimum Gasteiger partial charge on any atom is -0.497 e. The number of aromatic nitrogens is 2. The van der Waals surface area contributed by atoms with Crippen molar-refractivity contribution in [3.8, 4) is 22.7 Å². The highest BCUT2D eigenvalue weighted by atomic mass is 16.5. The lowest BCUT2D eigenvalue weighted by molar-refractivity contribution is 0.0955. The molecule has 1 N–H and O–H groups in total. The Kier molecular flexibility index (Phi) is 5.89. The maximum absolute atomic E-state index is 12.3. The quantitative estimate of drug-likeness (QED) is 0.372. The van der Waals surface area contributed by atoms with Crippen LogP contribution >= 0.6 is 0 Å². The number of aryl methyl sites for hydroxylation is 1. The highest BCUT2D eigenvalue weighted by Crippen LogP contribution is 2.25. The molecule has 3 aromatic carbocycles. The lowest BCUT2D eigenvalue weighted by atomic mass is 10.1. The molecule has 0 saturated carbocycles. The number of ether oxygens (including phenoxy) is 1. The molecule has 1 aromatic heterocycles. The van der Waals surface area contributed by atoms with Crippen molar-refractivity contribution in [3.05, 3.63) is 102 Å². The van der Waals surface area contributed by atoms with Gasteiger partial charge >= 0.3 is 0 Å². The Bertz CT molecular complexity index is 1190. The van der Waals surface area contributed by atoms with E-state index in [9.17, 15) is 4.79 Å². The zero-order valence-electron chi connectivity index (χ0n) is 17.3. The van der Waals surface area contributed by atoms with Gasteiger partial charge in [-0.1, -0.05) is 35.9 Å². The first-order valence-electron chi connectivity index (χ1n) is 9.83. The van der Waals surface area contributed by atoms with E-state index in [0.29, 0.717) is 5.56 Å². The van der Waals surface area contributed by atoms with Gasteiger partial charge in [0, 0.05) is 22.9 Å². The summed E-state index contributed by atoms with van der Waals surface area (Å²) >= 11 is 0. The average molecular weight is 410 g/mol. The number of rotatable bonds is 6. The topological polar surface area (TPSA) is 68.5 Å². The van der Waals surface area contributed by atoms with Gasteiger partial charge in [-0.15, -0.1) is 0 Å². The minimum atomic E-state index is -0.266. The molecule has 154 valence electrons. The second kappa shape index (κ2) is 9.09. The number of hydrazone groups is 1. The largest absolute Gasteiger partial charge is 0.497 e. The van der Waals surface area contributed by atoms with Crippen LogP contribution in [0.4, 0.5) is 0 Å². The first kappa shape index (κ1) is 20.1. The smallest absolute Gasteiger partial charge is 0.271 e. The van der Waals surface area contributed by atoms with Gasteiger partial charge in [0.15, 0.2) is 0 Å². The molecule has 0 aliphatic carbocycles. The van der Waals surface area contributed by atoms with Gasteiger partial charge in [0.05, 0.1) is 19.0 Å². The third-order valence-electron chi connectivity index (χ3n) is 4.81. The van der Waals surface area contributed by atoms with E-state index in [1.807, 2.05) is 79.9 Å². The summed E-state index contributed by atoms with van der Waals surface area (Å²) in [5.41, 5.74) is 7.61. The van der Waals surface area contributed by atoms with Gasteiger partial charge in [0.2, 0.25) is 0 Å². The summed E-state index contributed by atoms with van der Waals surface area (Å²) in [4.78, 5) is 12.3. The second-order valence-electron chi connectivity index (χ2n) is 7.01. The Balaban J connectivity index is 1.63. The number of carbonyl (C=O) groups excluding carboxylic acids is 1. The van der Waals surface area contributed by atoms with Crippen molar-refractivity contribution in [2.75, 3.05) is 7.11 Å². The SMILES string of the molecule is COc1ccc(-c2nn(-c3ccccc3)cc2/C=N/NC(=O)c2ccc(C)cc2)cc1. The minimum absolute atomic E-state index is 0.266. The highest BCUT2D eigenvalue weighted by molar-refractivity contribution is 5.95. The molecule has 0 unspecified atom stereocenters. The summed E-state index contributed by atoms with van der Waals surface area (Å²) in [6, 6.07) is 24.8. The summed E-state index contributed by atoms with van der Waals surface area (Å²) in [5, 5.41) is 8.91. The van der Waals surface area contributed by atoms with Gasteiger partial charge in [-0.25, -0.2) is 10.1 Å². The van der Waals surface area contributed by atoms with Gasteiger partial charge in [-0.3, -0.25) is 4.79 Å². The van der Waals surface area contributed by atoms with Crippen LogP contribution in [0.15, 0.2) is 90.2 Å².